The summed E-state index contributed by atoms with van der Waals surface area (Å²) in [7, 11) is 0. The van der Waals surface area contributed by atoms with E-state index in [1.54, 1.807) is 0 Å². The van der Waals surface area contributed by atoms with Gasteiger partial charge in [0, 0.05) is 0 Å². The zero-order chi connectivity index (χ0) is 12.7. The van der Waals surface area contributed by atoms with Gasteiger partial charge >= 0.3 is 0 Å². The van der Waals surface area contributed by atoms with Crippen molar-refractivity contribution in [2.45, 2.75) is 24.4 Å². The Bertz CT molecular complexity index is 560. The molecule has 0 spiro atoms. The number of fused-ring (bicyclic) bond motifs is 1. The van der Waals surface area contributed by atoms with Crippen LogP contribution in [0.3, 0.4) is 0 Å². The lowest BCUT2D eigenvalue weighted by molar-refractivity contribution is -0.0236. The normalized spacial score (nSPS) is 32.2. The molecule has 3 rings (SSSR count). The summed E-state index contributed by atoms with van der Waals surface area (Å²) in [6.07, 6.45) is -0.991. The first-order chi connectivity index (χ1) is 8.72. The van der Waals surface area contributed by atoms with E-state index in [1.807, 2.05) is 0 Å². The molecule has 3 heterocycles. The standard InChI is InChI=1S/C10H12N4O4/c15-2-5-8(16)9(17)10(18-5)7-6-4(13-14-7)1-11-3-12-6/h1,3,5,8-10,15-17H,2H2,(H,13,14)/t5-,8-,9-,10?/m1/s1. The summed E-state index contributed by atoms with van der Waals surface area (Å²) in [4.78, 5) is 7.89. The Hall–Kier alpha value is -1.61. The minimum Gasteiger partial charge on any atom is -0.394 e. The molecule has 2 aromatic heterocycles. The fourth-order valence-electron chi connectivity index (χ4n) is 2.12. The Morgan fingerprint density at radius 3 is 2.89 bits per heavy atom. The predicted octanol–water partition coefficient (Wildman–Crippen LogP) is -1.49. The molecular formula is C10H12N4O4. The van der Waals surface area contributed by atoms with Crippen molar-refractivity contribution in [1.29, 1.82) is 0 Å². The molecule has 2 aromatic rings. The van der Waals surface area contributed by atoms with Crippen LogP contribution in [-0.4, -0.2) is 60.4 Å². The fraction of sp³-hybridized carbons (Fsp3) is 0.500. The van der Waals surface area contributed by atoms with Gasteiger partial charge in [0.1, 0.15) is 41.8 Å². The van der Waals surface area contributed by atoms with Crippen LogP contribution in [0.15, 0.2) is 12.5 Å². The van der Waals surface area contributed by atoms with Crippen LogP contribution in [0.5, 0.6) is 0 Å². The third kappa shape index (κ3) is 1.58. The number of aliphatic hydroxyl groups excluding tert-OH is 3. The molecule has 0 bridgehead atoms. The highest BCUT2D eigenvalue weighted by atomic mass is 16.6. The number of aliphatic hydroxyl groups is 3. The third-order valence-corrected chi connectivity index (χ3v) is 3.07. The molecule has 8 heteroatoms. The maximum atomic E-state index is 9.91. The Morgan fingerprint density at radius 1 is 1.33 bits per heavy atom. The minimum absolute atomic E-state index is 0.365. The van der Waals surface area contributed by atoms with Crippen molar-refractivity contribution in [1.82, 2.24) is 20.2 Å². The van der Waals surface area contributed by atoms with Gasteiger partial charge in [-0.15, -0.1) is 0 Å². The van der Waals surface area contributed by atoms with E-state index in [0.717, 1.165) is 0 Å². The summed E-state index contributed by atoms with van der Waals surface area (Å²) >= 11 is 0. The van der Waals surface area contributed by atoms with Crippen molar-refractivity contribution in [2.75, 3.05) is 6.61 Å². The monoisotopic (exact) mass is 252 g/mol. The second-order valence-electron chi connectivity index (χ2n) is 4.15. The van der Waals surface area contributed by atoms with Crippen LogP contribution in [-0.2, 0) is 4.74 Å². The lowest BCUT2D eigenvalue weighted by Crippen LogP contribution is -2.32. The van der Waals surface area contributed by atoms with Gasteiger partial charge in [-0.25, -0.2) is 9.97 Å². The number of rotatable bonds is 2. The van der Waals surface area contributed by atoms with E-state index >= 15 is 0 Å². The number of ether oxygens (including phenoxy) is 1. The Balaban J connectivity index is 2.00. The zero-order valence-corrected chi connectivity index (χ0v) is 9.26. The van der Waals surface area contributed by atoms with E-state index in [9.17, 15) is 10.2 Å². The molecule has 0 aliphatic carbocycles. The first kappa shape index (κ1) is 11.5. The molecule has 0 radical (unpaired) electrons. The van der Waals surface area contributed by atoms with E-state index < -0.39 is 24.4 Å². The summed E-state index contributed by atoms with van der Waals surface area (Å²) in [6.45, 7) is -0.365. The summed E-state index contributed by atoms with van der Waals surface area (Å²) in [5, 5.41) is 35.4. The van der Waals surface area contributed by atoms with Crippen molar-refractivity contribution in [3.63, 3.8) is 0 Å². The van der Waals surface area contributed by atoms with Crippen LogP contribution in [0.2, 0.25) is 0 Å². The number of nitrogens with one attached hydrogen (secondary N) is 1. The number of nitrogens with zero attached hydrogens (tertiary/aromatic N) is 3. The largest absolute Gasteiger partial charge is 0.394 e. The van der Waals surface area contributed by atoms with Gasteiger partial charge in [0.25, 0.3) is 0 Å². The first-order valence-electron chi connectivity index (χ1n) is 5.49. The lowest BCUT2D eigenvalue weighted by Gasteiger charge is -2.12. The number of aromatic amines is 1. The molecule has 1 aliphatic rings. The van der Waals surface area contributed by atoms with Crippen LogP contribution in [0.4, 0.5) is 0 Å². The minimum atomic E-state index is -1.14. The molecule has 96 valence electrons. The van der Waals surface area contributed by atoms with Gasteiger partial charge in [0.05, 0.1) is 18.5 Å². The maximum absolute atomic E-state index is 9.91. The molecule has 0 saturated carbocycles. The molecule has 1 aliphatic heterocycles. The summed E-state index contributed by atoms with van der Waals surface area (Å²) in [5.41, 5.74) is 1.54. The van der Waals surface area contributed by atoms with Gasteiger partial charge in [-0.2, -0.15) is 5.10 Å². The Labute approximate surface area is 101 Å². The molecular weight excluding hydrogens is 240 g/mol. The molecule has 18 heavy (non-hydrogen) atoms. The SMILES string of the molecule is OC[C@H]1OC(c2[nH]nc3cncnc23)[C@H](O)[C@@H]1O. The van der Waals surface area contributed by atoms with Crippen LogP contribution >= 0.6 is 0 Å². The van der Waals surface area contributed by atoms with E-state index in [-0.39, 0.29) is 6.61 Å². The predicted molar refractivity (Wildman–Crippen MR) is 58.4 cm³/mol. The lowest BCUT2D eigenvalue weighted by atomic mass is 10.1. The molecule has 1 saturated heterocycles. The van der Waals surface area contributed by atoms with Crippen LogP contribution in [0.25, 0.3) is 11.0 Å². The summed E-state index contributed by atoms with van der Waals surface area (Å²) in [6, 6.07) is 0. The molecule has 8 nitrogen and oxygen atoms in total. The second kappa shape index (κ2) is 4.25. The van der Waals surface area contributed by atoms with Crippen molar-refractivity contribution >= 4 is 11.0 Å². The first-order valence-corrected chi connectivity index (χ1v) is 5.49. The molecule has 0 aromatic carbocycles. The van der Waals surface area contributed by atoms with E-state index in [2.05, 4.69) is 20.2 Å². The average molecular weight is 252 g/mol. The smallest absolute Gasteiger partial charge is 0.130 e. The highest BCUT2D eigenvalue weighted by Crippen LogP contribution is 2.34. The quantitative estimate of drug-likeness (QED) is 0.513. The summed E-state index contributed by atoms with van der Waals surface area (Å²) < 4.78 is 5.41. The number of aromatic nitrogens is 4. The zero-order valence-electron chi connectivity index (χ0n) is 9.26. The van der Waals surface area contributed by atoms with Gasteiger partial charge in [-0.1, -0.05) is 0 Å². The molecule has 4 N–H and O–H groups in total. The molecule has 4 atom stereocenters. The van der Waals surface area contributed by atoms with Crippen molar-refractivity contribution < 1.29 is 20.1 Å². The van der Waals surface area contributed by atoms with E-state index in [1.165, 1.54) is 12.5 Å². The van der Waals surface area contributed by atoms with E-state index in [0.29, 0.717) is 16.7 Å². The topological polar surface area (TPSA) is 124 Å². The highest BCUT2D eigenvalue weighted by molar-refractivity contribution is 5.75. The van der Waals surface area contributed by atoms with Gasteiger partial charge in [0.15, 0.2) is 0 Å². The molecule has 1 fully saturated rings. The van der Waals surface area contributed by atoms with E-state index in [4.69, 9.17) is 9.84 Å². The van der Waals surface area contributed by atoms with Crippen molar-refractivity contribution in [2.24, 2.45) is 0 Å². The van der Waals surface area contributed by atoms with Crippen LogP contribution in [0, 0.1) is 0 Å². The second-order valence-corrected chi connectivity index (χ2v) is 4.15. The number of H-pyrrole nitrogens is 1. The van der Waals surface area contributed by atoms with Crippen molar-refractivity contribution in [3.8, 4) is 0 Å². The molecule has 1 unspecified atom stereocenters. The Morgan fingerprint density at radius 2 is 2.17 bits per heavy atom. The third-order valence-electron chi connectivity index (χ3n) is 3.07. The van der Waals surface area contributed by atoms with Gasteiger partial charge in [0.2, 0.25) is 0 Å². The van der Waals surface area contributed by atoms with Gasteiger partial charge < -0.3 is 20.1 Å². The Kier molecular flexibility index (Phi) is 2.71. The average Bonchev–Trinajstić information content (AvgIpc) is 2.93. The molecule has 0 amide bonds. The van der Waals surface area contributed by atoms with Gasteiger partial charge in [-0.05, 0) is 0 Å². The number of hydrogen-bond donors (Lipinski definition) is 4. The van der Waals surface area contributed by atoms with Crippen LogP contribution in [0.1, 0.15) is 11.8 Å². The summed E-state index contributed by atoms with van der Waals surface area (Å²) in [5.74, 6) is 0. The van der Waals surface area contributed by atoms with Crippen molar-refractivity contribution in [3.05, 3.63) is 18.2 Å². The highest BCUT2D eigenvalue weighted by Gasteiger charge is 2.44. The fourth-order valence-corrected chi connectivity index (χ4v) is 2.12. The van der Waals surface area contributed by atoms with Gasteiger partial charge in [-0.3, -0.25) is 5.10 Å². The van der Waals surface area contributed by atoms with Crippen LogP contribution < -0.4 is 0 Å². The maximum Gasteiger partial charge on any atom is 0.130 e. The number of hydrogen-bond acceptors (Lipinski definition) is 7.